The summed E-state index contributed by atoms with van der Waals surface area (Å²) in [5.41, 5.74) is 6.83. The van der Waals surface area contributed by atoms with Crippen molar-refractivity contribution in [2.75, 3.05) is 67.6 Å². The predicted molar refractivity (Wildman–Crippen MR) is 248 cm³/mol. The normalized spacial score (nSPS) is 20.1. The molecule has 2 aromatic heterocycles. The molecule has 3 aromatic carbocycles. The number of allylic oxidation sites excluding steroid dienone is 1. The van der Waals surface area contributed by atoms with E-state index < -0.39 is 31.4 Å². The smallest absolute Gasteiger partial charge is 0.297 e. The monoisotopic (exact) mass is 906 g/mol. The summed E-state index contributed by atoms with van der Waals surface area (Å²) in [7, 11) is -4.63. The van der Waals surface area contributed by atoms with Gasteiger partial charge in [0, 0.05) is 73.7 Å². The van der Waals surface area contributed by atoms with Crippen molar-refractivity contribution >= 4 is 72.6 Å². The van der Waals surface area contributed by atoms with Crippen LogP contribution in [-0.4, -0.2) is 92.6 Å². The summed E-state index contributed by atoms with van der Waals surface area (Å²) in [5, 5.41) is 17.0. The second-order valence-electron chi connectivity index (χ2n) is 18.4. The van der Waals surface area contributed by atoms with Crippen LogP contribution in [0.2, 0.25) is 5.02 Å². The number of sulfonamides is 1. The van der Waals surface area contributed by atoms with Crippen LogP contribution in [0.4, 0.5) is 28.4 Å². The van der Waals surface area contributed by atoms with Crippen LogP contribution < -0.4 is 29.3 Å². The molecule has 0 bridgehead atoms. The first-order chi connectivity index (χ1) is 30.8. The lowest BCUT2D eigenvalue weighted by molar-refractivity contribution is -0.384. The van der Waals surface area contributed by atoms with Crippen molar-refractivity contribution in [1.82, 2.24) is 19.6 Å². The van der Waals surface area contributed by atoms with Crippen molar-refractivity contribution in [3.05, 3.63) is 105 Å². The summed E-state index contributed by atoms with van der Waals surface area (Å²) >= 11 is 6.27. The van der Waals surface area contributed by atoms with E-state index in [4.69, 9.17) is 26.1 Å². The molecule has 334 valence electrons. The van der Waals surface area contributed by atoms with E-state index in [0.29, 0.717) is 48.4 Å². The number of anilines is 4. The Hall–Kier alpha value is -5.84. The lowest BCUT2D eigenvalue weighted by Gasteiger charge is -2.39. The minimum absolute atomic E-state index is 0.0511. The Labute approximate surface area is 377 Å². The molecule has 2 aliphatic carbocycles. The zero-order chi connectivity index (χ0) is 44.3. The highest BCUT2D eigenvalue weighted by atomic mass is 35.5. The number of nitro groups is 1. The first-order valence-electron chi connectivity index (χ1n) is 22.0. The highest BCUT2D eigenvalue weighted by Gasteiger charge is 2.39. The van der Waals surface area contributed by atoms with Gasteiger partial charge in [0.25, 0.3) is 21.6 Å². The molecule has 10 rings (SSSR count). The maximum Gasteiger partial charge on any atom is 0.297 e. The van der Waals surface area contributed by atoms with Crippen LogP contribution in [0.5, 0.6) is 11.6 Å². The summed E-state index contributed by atoms with van der Waals surface area (Å²) < 4.78 is 42.3. The Morgan fingerprint density at radius 3 is 2.56 bits per heavy atom. The standard InChI is InChI=1S/C47H51ClN8O7S/c1-47(2)14-12-32(37(26-47)29-6-8-33(48)9-7-29)27-53-17-19-54(20-18-53)34-10-11-36(39(23-34)55-16-3-21-62-46-41(55)22-31-13-15-49-44(31)51-46)45(57)52-64(60,61)35-24-40(56(58)59)43-42(25-35)63-28-38(50-43)30-4-5-30/h6-11,13,15,22-25,30,38,50H,3-5,12,14,16-21,26-28H2,1-2H3,(H,49,51)(H,52,57). The van der Waals surface area contributed by atoms with Gasteiger partial charge in [0.05, 0.1) is 33.7 Å². The molecule has 17 heteroatoms. The molecule has 64 heavy (non-hydrogen) atoms. The average molecular weight is 907 g/mol. The highest BCUT2D eigenvalue weighted by molar-refractivity contribution is 7.90. The first-order valence-corrected chi connectivity index (χ1v) is 23.9. The van der Waals surface area contributed by atoms with Gasteiger partial charge in [-0.1, -0.05) is 43.2 Å². The number of carbonyl (C=O) groups is 1. The number of aromatic nitrogens is 2. The molecule has 1 amide bonds. The zero-order valence-corrected chi connectivity index (χ0v) is 37.4. The molecule has 5 aromatic rings. The molecule has 1 atom stereocenters. The van der Waals surface area contributed by atoms with Crippen molar-refractivity contribution < 1.29 is 27.6 Å². The Bertz CT molecular complexity index is 2800. The van der Waals surface area contributed by atoms with Crippen LogP contribution >= 0.6 is 11.6 Å². The van der Waals surface area contributed by atoms with Gasteiger partial charge in [-0.15, -0.1) is 0 Å². The molecule has 1 saturated heterocycles. The van der Waals surface area contributed by atoms with Gasteiger partial charge in [0.15, 0.2) is 11.4 Å². The molecule has 1 saturated carbocycles. The summed E-state index contributed by atoms with van der Waals surface area (Å²) in [6.07, 6.45) is 7.60. The Balaban J connectivity index is 0.945. The Morgan fingerprint density at radius 1 is 1.00 bits per heavy atom. The Morgan fingerprint density at radius 2 is 1.80 bits per heavy atom. The van der Waals surface area contributed by atoms with Crippen molar-refractivity contribution in [3.63, 3.8) is 0 Å². The van der Waals surface area contributed by atoms with E-state index in [0.717, 1.165) is 87.0 Å². The summed E-state index contributed by atoms with van der Waals surface area (Å²) in [4.78, 5) is 40.3. The molecule has 1 unspecified atom stereocenters. The van der Waals surface area contributed by atoms with E-state index in [2.05, 4.69) is 50.8 Å². The van der Waals surface area contributed by atoms with Gasteiger partial charge in [0.2, 0.25) is 5.88 Å². The van der Waals surface area contributed by atoms with Gasteiger partial charge in [-0.25, -0.2) is 13.1 Å². The number of halogens is 1. The maximum absolute atomic E-state index is 14.4. The quantitative estimate of drug-likeness (QED) is 0.0902. The molecule has 3 aliphatic heterocycles. The van der Waals surface area contributed by atoms with Gasteiger partial charge < -0.3 is 29.6 Å². The number of rotatable bonds is 10. The number of fused-ring (bicyclic) bond motifs is 3. The van der Waals surface area contributed by atoms with E-state index in [9.17, 15) is 23.3 Å². The van der Waals surface area contributed by atoms with Crippen LogP contribution in [0.25, 0.3) is 16.6 Å². The molecule has 2 fully saturated rings. The van der Waals surface area contributed by atoms with E-state index in [-0.39, 0.29) is 35.1 Å². The number of nitro benzene ring substituents is 1. The third kappa shape index (κ3) is 8.46. The Kier molecular flexibility index (Phi) is 10.9. The van der Waals surface area contributed by atoms with Crippen molar-refractivity contribution in [1.29, 1.82) is 0 Å². The van der Waals surface area contributed by atoms with Gasteiger partial charge in [0.1, 0.15) is 17.9 Å². The van der Waals surface area contributed by atoms with E-state index in [1.54, 1.807) is 12.3 Å². The second-order valence-corrected chi connectivity index (χ2v) is 20.5. The van der Waals surface area contributed by atoms with Crippen LogP contribution in [0.1, 0.15) is 68.3 Å². The zero-order valence-electron chi connectivity index (χ0n) is 35.9. The van der Waals surface area contributed by atoms with Gasteiger partial charge in [-0.3, -0.25) is 19.8 Å². The molecular weight excluding hydrogens is 856 g/mol. The number of hydrogen-bond acceptors (Lipinski definition) is 12. The number of amides is 1. The molecule has 3 N–H and O–H groups in total. The number of nitrogens with zero attached hydrogens (tertiary/aromatic N) is 5. The highest BCUT2D eigenvalue weighted by Crippen LogP contribution is 2.46. The van der Waals surface area contributed by atoms with Crippen LogP contribution in [0.3, 0.4) is 0 Å². The van der Waals surface area contributed by atoms with Crippen LogP contribution in [0.15, 0.2) is 83.4 Å². The van der Waals surface area contributed by atoms with Gasteiger partial charge in [-0.2, -0.15) is 4.98 Å². The SMILES string of the molecule is CC1(C)CCC(CN2CCN(c3ccc(C(=O)NS(=O)(=O)c4cc5c(c([N+](=O)[O-])c4)NC(C4CC4)CO5)c(N4CCCOc5nc6[nH]ccc6cc54)c3)CC2)=C(c2ccc(Cl)cc2)C1. The van der Waals surface area contributed by atoms with Gasteiger partial charge >= 0.3 is 0 Å². The number of piperazine rings is 1. The number of nitrogens with one attached hydrogen (secondary N) is 3. The number of carbonyl (C=O) groups excluding carboxylic acids is 1. The number of H-pyrrole nitrogens is 1. The fourth-order valence-corrected chi connectivity index (χ4v) is 10.7. The molecule has 5 heterocycles. The summed E-state index contributed by atoms with van der Waals surface area (Å²) in [5.74, 6) is -0.0967. The average Bonchev–Trinajstić information content (AvgIpc) is 4.07. The molecular formula is C47H51ClN8O7S. The first kappa shape index (κ1) is 42.1. The number of aromatic amines is 1. The third-order valence-corrected chi connectivity index (χ3v) is 14.9. The maximum atomic E-state index is 14.4. The van der Waals surface area contributed by atoms with Crippen molar-refractivity contribution in [2.45, 2.75) is 63.3 Å². The molecule has 5 aliphatic rings. The van der Waals surface area contributed by atoms with Crippen LogP contribution in [0, 0.1) is 21.4 Å². The number of pyridine rings is 1. The lowest BCUT2D eigenvalue weighted by Crippen LogP contribution is -2.47. The van der Waals surface area contributed by atoms with Crippen molar-refractivity contribution in [3.8, 4) is 11.6 Å². The van der Waals surface area contributed by atoms with E-state index in [1.165, 1.54) is 22.8 Å². The minimum Gasteiger partial charge on any atom is -0.489 e. The summed E-state index contributed by atoms with van der Waals surface area (Å²) in [6.45, 7) is 9.83. The van der Waals surface area contributed by atoms with E-state index >= 15 is 0 Å². The fourth-order valence-electron chi connectivity index (χ4n) is 9.57. The molecule has 0 radical (unpaired) electrons. The number of hydrogen-bond donors (Lipinski definition) is 3. The predicted octanol–water partition coefficient (Wildman–Crippen LogP) is 8.53. The topological polar surface area (TPSA) is 175 Å². The molecule has 0 spiro atoms. The largest absolute Gasteiger partial charge is 0.489 e. The fraction of sp³-hybridized carbons (Fsp3) is 0.404. The number of ether oxygens (including phenoxy) is 2. The minimum atomic E-state index is -4.63. The van der Waals surface area contributed by atoms with Crippen LogP contribution in [-0.2, 0) is 10.0 Å². The number of benzene rings is 3. The lowest BCUT2D eigenvalue weighted by atomic mass is 9.72. The van der Waals surface area contributed by atoms with Crippen molar-refractivity contribution in [2.24, 2.45) is 11.3 Å². The van der Waals surface area contributed by atoms with E-state index in [1.807, 2.05) is 41.3 Å². The third-order valence-electron chi connectivity index (χ3n) is 13.3. The molecule has 15 nitrogen and oxygen atoms in total. The van der Waals surface area contributed by atoms with Gasteiger partial charge in [-0.05, 0) is 103 Å². The summed E-state index contributed by atoms with van der Waals surface area (Å²) in [6, 6.07) is 19.6. The second kappa shape index (κ2) is 16.6.